The molecule has 0 aliphatic rings. The van der Waals surface area contributed by atoms with Crippen LogP contribution in [-0.4, -0.2) is 39.6 Å². The molecule has 0 unspecified atom stereocenters. The van der Waals surface area contributed by atoms with E-state index in [0.29, 0.717) is 42.7 Å². The van der Waals surface area contributed by atoms with Crippen molar-refractivity contribution in [3.8, 4) is 0 Å². The Hall–Kier alpha value is -3.26. The Bertz CT molecular complexity index is 957. The standard InChI is InChI=1S/C21H29N7O.C2H6/c1-6-28-19(12-15(3)26-28)21(29)25-17(5)27(10-8-7-9-22)20-14(2)11-18(13-24-20)16(4)23;1-2/h7-8,11-13H,4,6,9-10,22-23H2,1-3,5H3;1-2H3/b8-7+,25-17?;. The van der Waals surface area contributed by atoms with Crippen LogP contribution >= 0.6 is 0 Å². The molecule has 0 spiro atoms. The number of aliphatic imine (C=N–C) groups is 1. The van der Waals surface area contributed by atoms with Crippen LogP contribution in [0.25, 0.3) is 5.70 Å². The predicted octanol–water partition coefficient (Wildman–Crippen LogP) is 3.45. The molecule has 0 atom stereocenters. The highest BCUT2D eigenvalue weighted by Gasteiger charge is 2.17. The highest BCUT2D eigenvalue weighted by molar-refractivity contribution is 6.07. The molecule has 2 rings (SSSR count). The number of carbonyl (C=O) groups excluding carboxylic acids is 1. The van der Waals surface area contributed by atoms with Crippen LogP contribution in [0.15, 0.2) is 42.1 Å². The predicted molar refractivity (Wildman–Crippen MR) is 129 cm³/mol. The minimum Gasteiger partial charge on any atom is -0.399 e. The normalized spacial score (nSPS) is 11.3. The lowest BCUT2D eigenvalue weighted by atomic mass is 10.1. The molecule has 2 aromatic rings. The van der Waals surface area contributed by atoms with E-state index in [1.54, 1.807) is 23.9 Å². The zero-order valence-corrected chi connectivity index (χ0v) is 19.5. The van der Waals surface area contributed by atoms with Crippen molar-refractivity contribution in [2.75, 3.05) is 18.0 Å². The van der Waals surface area contributed by atoms with E-state index >= 15 is 0 Å². The van der Waals surface area contributed by atoms with Gasteiger partial charge in [-0.05, 0) is 45.4 Å². The van der Waals surface area contributed by atoms with Gasteiger partial charge in [0.05, 0.1) is 5.69 Å². The molecular formula is C23H35N7O. The first-order valence-electron chi connectivity index (χ1n) is 10.5. The number of nitrogens with two attached hydrogens (primary N) is 2. The molecule has 0 fully saturated rings. The molecule has 0 saturated heterocycles. The number of anilines is 1. The molecule has 8 nitrogen and oxygen atoms in total. The van der Waals surface area contributed by atoms with Crippen molar-refractivity contribution in [1.29, 1.82) is 0 Å². The number of aryl methyl sites for hydroxylation is 3. The molecule has 168 valence electrons. The van der Waals surface area contributed by atoms with Crippen LogP contribution < -0.4 is 16.4 Å². The van der Waals surface area contributed by atoms with Gasteiger partial charge < -0.3 is 16.4 Å². The van der Waals surface area contributed by atoms with Crippen molar-refractivity contribution in [3.05, 3.63) is 59.6 Å². The number of nitrogens with zero attached hydrogens (tertiary/aromatic N) is 5. The Kier molecular flexibility index (Phi) is 10.3. The Labute approximate surface area is 185 Å². The second-order valence-corrected chi connectivity index (χ2v) is 6.66. The smallest absolute Gasteiger partial charge is 0.296 e. The third-order valence-corrected chi connectivity index (χ3v) is 4.34. The largest absolute Gasteiger partial charge is 0.399 e. The molecule has 1 amide bonds. The van der Waals surface area contributed by atoms with Gasteiger partial charge in [0, 0.05) is 37.1 Å². The molecule has 0 radical (unpaired) electrons. The fourth-order valence-electron chi connectivity index (χ4n) is 2.90. The molecule has 8 heteroatoms. The number of amides is 1. The first-order chi connectivity index (χ1) is 14.8. The first-order valence-corrected chi connectivity index (χ1v) is 10.5. The fraction of sp³-hybridized carbons (Fsp3) is 0.391. The number of rotatable bonds is 7. The third kappa shape index (κ3) is 6.89. The van der Waals surface area contributed by atoms with Crippen molar-refractivity contribution in [1.82, 2.24) is 14.8 Å². The van der Waals surface area contributed by atoms with Crippen LogP contribution in [0.3, 0.4) is 0 Å². The lowest BCUT2D eigenvalue weighted by Gasteiger charge is -2.24. The average molecular weight is 426 g/mol. The molecule has 0 aliphatic carbocycles. The number of carbonyl (C=O) groups is 1. The molecule has 0 bridgehead atoms. The van der Waals surface area contributed by atoms with Crippen LogP contribution in [-0.2, 0) is 6.54 Å². The van der Waals surface area contributed by atoms with E-state index < -0.39 is 0 Å². The molecule has 4 N–H and O–H groups in total. The summed E-state index contributed by atoms with van der Waals surface area (Å²) >= 11 is 0. The number of hydrogen-bond acceptors (Lipinski definition) is 5. The van der Waals surface area contributed by atoms with Gasteiger partial charge in [-0.3, -0.25) is 9.48 Å². The summed E-state index contributed by atoms with van der Waals surface area (Å²) < 4.78 is 1.65. The SMILES string of the molecule is C=C(N)c1cnc(N(C/C=C/CN)C(C)=NC(=O)c2cc(C)nn2CC)c(C)c1.CC. The fourth-order valence-corrected chi connectivity index (χ4v) is 2.90. The van der Waals surface area contributed by atoms with Crippen LogP contribution in [0, 0.1) is 13.8 Å². The van der Waals surface area contributed by atoms with Gasteiger partial charge in [0.25, 0.3) is 5.91 Å². The van der Waals surface area contributed by atoms with E-state index in [4.69, 9.17) is 11.5 Å². The maximum Gasteiger partial charge on any atom is 0.296 e. The Morgan fingerprint density at radius 3 is 2.52 bits per heavy atom. The summed E-state index contributed by atoms with van der Waals surface area (Å²) in [6.45, 7) is 16.7. The van der Waals surface area contributed by atoms with Gasteiger partial charge in [-0.1, -0.05) is 32.6 Å². The molecule has 0 saturated carbocycles. The van der Waals surface area contributed by atoms with Gasteiger partial charge in [0.2, 0.25) is 0 Å². The van der Waals surface area contributed by atoms with E-state index in [0.717, 1.165) is 16.8 Å². The third-order valence-electron chi connectivity index (χ3n) is 4.34. The highest BCUT2D eigenvalue weighted by atomic mass is 16.1. The van der Waals surface area contributed by atoms with E-state index in [2.05, 4.69) is 21.7 Å². The van der Waals surface area contributed by atoms with Crippen molar-refractivity contribution in [2.24, 2.45) is 16.5 Å². The molecule has 2 heterocycles. The van der Waals surface area contributed by atoms with E-state index in [9.17, 15) is 4.79 Å². The van der Waals surface area contributed by atoms with Crippen LogP contribution in [0.2, 0.25) is 0 Å². The van der Waals surface area contributed by atoms with Crippen molar-refractivity contribution in [2.45, 2.75) is 48.1 Å². The summed E-state index contributed by atoms with van der Waals surface area (Å²) in [6.07, 6.45) is 5.43. The van der Waals surface area contributed by atoms with E-state index in [1.165, 1.54) is 0 Å². The molecule has 0 aromatic carbocycles. The Morgan fingerprint density at radius 1 is 1.29 bits per heavy atom. The van der Waals surface area contributed by atoms with E-state index in [1.807, 2.05) is 57.7 Å². The number of amidine groups is 1. The highest BCUT2D eigenvalue weighted by Crippen LogP contribution is 2.21. The van der Waals surface area contributed by atoms with Crippen LogP contribution in [0.4, 0.5) is 5.82 Å². The average Bonchev–Trinajstić information content (AvgIpc) is 3.14. The molecule has 0 aliphatic heterocycles. The maximum atomic E-state index is 12.8. The van der Waals surface area contributed by atoms with Gasteiger partial charge in [-0.15, -0.1) is 0 Å². The summed E-state index contributed by atoms with van der Waals surface area (Å²) in [5.41, 5.74) is 14.7. The summed E-state index contributed by atoms with van der Waals surface area (Å²) in [6, 6.07) is 3.65. The number of pyridine rings is 1. The van der Waals surface area contributed by atoms with Gasteiger partial charge >= 0.3 is 0 Å². The minimum absolute atomic E-state index is 0.345. The van der Waals surface area contributed by atoms with Crippen molar-refractivity contribution < 1.29 is 4.79 Å². The zero-order chi connectivity index (χ0) is 23.6. The monoisotopic (exact) mass is 425 g/mol. The quantitative estimate of drug-likeness (QED) is 0.399. The second-order valence-electron chi connectivity index (χ2n) is 6.66. The summed E-state index contributed by atoms with van der Waals surface area (Å²) in [5, 5.41) is 4.32. The van der Waals surface area contributed by atoms with Crippen molar-refractivity contribution >= 4 is 23.3 Å². The van der Waals surface area contributed by atoms with Gasteiger partial charge in [0.1, 0.15) is 17.3 Å². The number of hydrogen-bond donors (Lipinski definition) is 2. The van der Waals surface area contributed by atoms with Gasteiger partial charge in [-0.25, -0.2) is 4.98 Å². The lowest BCUT2D eigenvalue weighted by molar-refractivity contribution is 0.0992. The lowest BCUT2D eigenvalue weighted by Crippen LogP contribution is -2.31. The summed E-state index contributed by atoms with van der Waals surface area (Å²) in [4.78, 5) is 23.5. The summed E-state index contributed by atoms with van der Waals surface area (Å²) in [5.74, 6) is 0.862. The van der Waals surface area contributed by atoms with E-state index in [-0.39, 0.29) is 5.91 Å². The number of aromatic nitrogens is 3. The second kappa shape index (κ2) is 12.4. The van der Waals surface area contributed by atoms with Gasteiger partial charge in [-0.2, -0.15) is 10.1 Å². The maximum absolute atomic E-state index is 12.8. The van der Waals surface area contributed by atoms with Crippen molar-refractivity contribution in [3.63, 3.8) is 0 Å². The summed E-state index contributed by atoms with van der Waals surface area (Å²) in [7, 11) is 0. The first kappa shape index (κ1) is 25.8. The van der Waals surface area contributed by atoms with Gasteiger partial charge in [0.15, 0.2) is 0 Å². The Balaban J connectivity index is 0.00000233. The van der Waals surface area contributed by atoms with Crippen LogP contribution in [0.5, 0.6) is 0 Å². The molecule has 31 heavy (non-hydrogen) atoms. The van der Waals surface area contributed by atoms with Crippen LogP contribution in [0.1, 0.15) is 55.0 Å². The Morgan fingerprint density at radius 2 is 1.97 bits per heavy atom. The molecular weight excluding hydrogens is 390 g/mol. The zero-order valence-electron chi connectivity index (χ0n) is 19.5. The topological polar surface area (TPSA) is 115 Å². The molecule has 2 aromatic heterocycles. The minimum atomic E-state index is -0.345.